The number of fused-ring (bicyclic) bond motifs is 2. The molecule has 1 fully saturated rings. The summed E-state index contributed by atoms with van der Waals surface area (Å²) in [5.41, 5.74) is 6.18. The smallest absolute Gasteiger partial charge is 1.00 e. The van der Waals surface area contributed by atoms with Crippen molar-refractivity contribution in [3.63, 3.8) is 0 Å². The maximum atomic E-state index is 2.56. The quantitative estimate of drug-likeness (QED) is 0.621. The Balaban J connectivity index is 0.000000911. The van der Waals surface area contributed by atoms with E-state index in [4.69, 9.17) is 0 Å². The zero-order valence-electron chi connectivity index (χ0n) is 14.5. The second kappa shape index (κ2) is 6.84. The standard InChI is InChI=1S/2C9H7.C4H8.2ClH.Zr/c2*1-2-5-9-7-3-6-8(9)4-1;1-3-4-2;;;/h2*1-7H;3-4H,1-2H3;2*1H;/q;;;;;+2/p-2. The van der Waals surface area contributed by atoms with E-state index < -0.39 is 20.3 Å². The monoisotopic (exact) mass is 446 g/mol. The van der Waals surface area contributed by atoms with E-state index in [1.807, 2.05) is 0 Å². The van der Waals surface area contributed by atoms with Crippen molar-refractivity contribution < 1.29 is 45.1 Å². The molecule has 1 heterocycles. The molecule has 0 radical (unpaired) electrons. The fraction of sp³-hybridized carbons (Fsp3) is 0.273. The molecule has 0 aromatic heterocycles. The Morgan fingerprint density at radius 1 is 0.640 bits per heavy atom. The van der Waals surface area contributed by atoms with Crippen molar-refractivity contribution in [2.24, 2.45) is 0 Å². The van der Waals surface area contributed by atoms with Crippen LogP contribution in [0.3, 0.4) is 0 Å². The predicted octanol–water partition coefficient (Wildman–Crippen LogP) is 0.315. The van der Waals surface area contributed by atoms with Crippen LogP contribution in [0.1, 0.15) is 43.4 Å². The molecule has 2 aromatic carbocycles. The molecule has 1 saturated heterocycles. The third-order valence-corrected chi connectivity index (χ3v) is 23.9. The fourth-order valence-corrected chi connectivity index (χ4v) is 25.0. The van der Waals surface area contributed by atoms with Gasteiger partial charge in [-0.1, -0.05) is 0 Å². The van der Waals surface area contributed by atoms with Crippen LogP contribution in [-0.4, -0.2) is 0 Å². The van der Waals surface area contributed by atoms with Gasteiger partial charge in [-0.3, -0.25) is 0 Å². The average molecular weight is 449 g/mol. The summed E-state index contributed by atoms with van der Waals surface area (Å²) in [4.78, 5) is 0. The summed E-state index contributed by atoms with van der Waals surface area (Å²) in [5, 5.41) is 0. The summed E-state index contributed by atoms with van der Waals surface area (Å²) in [6.07, 6.45) is 9.91. The van der Waals surface area contributed by atoms with Crippen molar-refractivity contribution in [3.8, 4) is 0 Å². The molecule has 1 aliphatic heterocycles. The van der Waals surface area contributed by atoms with E-state index in [-0.39, 0.29) is 24.8 Å². The molecule has 2 aliphatic carbocycles. The van der Waals surface area contributed by atoms with Gasteiger partial charge in [0.15, 0.2) is 0 Å². The first-order valence-electron chi connectivity index (χ1n) is 8.79. The molecular weight excluding hydrogens is 426 g/mol. The molecule has 4 atom stereocenters. The van der Waals surface area contributed by atoms with Crippen LogP contribution in [-0.2, 0) is 20.3 Å². The molecule has 25 heavy (non-hydrogen) atoms. The van der Waals surface area contributed by atoms with E-state index in [0.717, 1.165) is 14.5 Å². The first-order chi connectivity index (χ1) is 11.2. The van der Waals surface area contributed by atoms with Gasteiger partial charge >= 0.3 is 144 Å². The van der Waals surface area contributed by atoms with Crippen LogP contribution in [0.4, 0.5) is 0 Å². The number of hydrogen-bond acceptors (Lipinski definition) is 0. The number of hydrogen-bond donors (Lipinski definition) is 0. The Kier molecular flexibility index (Phi) is 5.24. The molecule has 0 spiro atoms. The fourth-order valence-electron chi connectivity index (χ4n) is 5.54. The molecule has 0 nitrogen and oxygen atoms in total. The zero-order valence-corrected chi connectivity index (χ0v) is 18.5. The second-order valence-electron chi connectivity index (χ2n) is 7.51. The number of allylic oxidation sites excluding steroid dienone is 2. The molecule has 3 heteroatoms. The van der Waals surface area contributed by atoms with Crippen LogP contribution < -0.4 is 24.8 Å². The van der Waals surface area contributed by atoms with Gasteiger partial charge in [0.25, 0.3) is 0 Å². The molecule has 0 amide bonds. The summed E-state index contributed by atoms with van der Waals surface area (Å²) in [7, 11) is 0. The largest absolute Gasteiger partial charge is 1.00 e. The maximum Gasteiger partial charge on any atom is -1.00 e. The first-order valence-corrected chi connectivity index (χ1v) is 14.5. The Labute approximate surface area is 167 Å². The third-order valence-electron chi connectivity index (χ3n) is 6.89. The van der Waals surface area contributed by atoms with Crippen LogP contribution >= 0.6 is 0 Å². The Morgan fingerprint density at radius 3 is 1.44 bits per heavy atom. The van der Waals surface area contributed by atoms with Crippen molar-refractivity contribution in [2.45, 2.75) is 28.4 Å². The summed E-state index contributed by atoms with van der Waals surface area (Å²) in [6.45, 7) is 5.09. The van der Waals surface area contributed by atoms with Crippen LogP contribution in [0.15, 0.2) is 60.7 Å². The Hall–Kier alpha value is -0.617. The van der Waals surface area contributed by atoms with E-state index >= 15 is 0 Å². The van der Waals surface area contributed by atoms with Gasteiger partial charge in [-0.25, -0.2) is 0 Å². The van der Waals surface area contributed by atoms with Gasteiger partial charge < -0.3 is 24.8 Å². The molecule has 2 aromatic rings. The molecule has 3 aliphatic rings. The van der Waals surface area contributed by atoms with Gasteiger partial charge in [0, 0.05) is 0 Å². The van der Waals surface area contributed by atoms with Crippen molar-refractivity contribution in [3.05, 3.63) is 82.9 Å². The summed E-state index contributed by atoms with van der Waals surface area (Å²) in [6, 6.07) is 18.2. The van der Waals surface area contributed by atoms with Crippen molar-refractivity contribution in [1.29, 1.82) is 0 Å². The molecule has 0 saturated carbocycles. The van der Waals surface area contributed by atoms with Gasteiger partial charge in [0.1, 0.15) is 0 Å². The van der Waals surface area contributed by atoms with Gasteiger partial charge in [0.2, 0.25) is 0 Å². The van der Waals surface area contributed by atoms with E-state index in [9.17, 15) is 0 Å². The number of halogens is 2. The van der Waals surface area contributed by atoms with Gasteiger partial charge in [-0.2, -0.15) is 0 Å². The number of benzene rings is 2. The zero-order chi connectivity index (χ0) is 15.6. The normalized spacial score (nSPS) is 30.6. The van der Waals surface area contributed by atoms with Crippen molar-refractivity contribution in [2.75, 3.05) is 0 Å². The van der Waals surface area contributed by atoms with E-state index in [2.05, 4.69) is 86.7 Å². The van der Waals surface area contributed by atoms with Crippen LogP contribution in [0.25, 0.3) is 12.2 Å². The predicted molar refractivity (Wildman–Crippen MR) is 95.3 cm³/mol. The van der Waals surface area contributed by atoms with Crippen LogP contribution in [0.2, 0.25) is 7.25 Å². The minimum absolute atomic E-state index is 0. The SMILES string of the molecule is C[CH]1[CH](C)[Zr+2]1([CH]1C=Cc2ccccc21)[CH]1C=Cc2ccccc21.[Cl-].[Cl-]. The minimum atomic E-state index is -2.40. The second-order valence-corrected chi connectivity index (χ2v) is 20.0. The van der Waals surface area contributed by atoms with E-state index in [1.54, 1.807) is 11.1 Å². The van der Waals surface area contributed by atoms with Crippen LogP contribution in [0, 0.1) is 0 Å². The summed E-state index contributed by atoms with van der Waals surface area (Å²) >= 11 is -2.40. The maximum absolute atomic E-state index is 2.56. The van der Waals surface area contributed by atoms with Crippen molar-refractivity contribution >= 4 is 12.2 Å². The molecular formula is C22H22Cl2Zr. The third kappa shape index (κ3) is 2.50. The summed E-state index contributed by atoms with van der Waals surface area (Å²) < 4.78 is 3.44. The van der Waals surface area contributed by atoms with Gasteiger partial charge in [-0.05, 0) is 0 Å². The molecule has 5 rings (SSSR count). The number of rotatable bonds is 2. The molecule has 0 N–H and O–H groups in total. The van der Waals surface area contributed by atoms with Crippen LogP contribution in [0.5, 0.6) is 0 Å². The molecule has 0 bridgehead atoms. The molecule has 128 valence electrons. The summed E-state index contributed by atoms with van der Waals surface area (Å²) in [5.74, 6) is 0. The minimum Gasteiger partial charge on any atom is -1.00 e. The first kappa shape index (κ1) is 19.2. The van der Waals surface area contributed by atoms with Gasteiger partial charge in [-0.15, -0.1) is 0 Å². The molecule has 4 unspecified atom stereocenters. The van der Waals surface area contributed by atoms with Gasteiger partial charge in [0.05, 0.1) is 0 Å². The average Bonchev–Trinajstić information content (AvgIpc) is 2.99. The van der Waals surface area contributed by atoms with Crippen molar-refractivity contribution in [1.82, 2.24) is 0 Å². The Bertz CT molecular complexity index is 783. The topological polar surface area (TPSA) is 0 Å². The van der Waals surface area contributed by atoms with E-state index in [1.165, 1.54) is 11.1 Å². The van der Waals surface area contributed by atoms with E-state index in [0.29, 0.717) is 0 Å². The Morgan fingerprint density at radius 2 is 1.04 bits per heavy atom.